The molecule has 7 heteroatoms. The Morgan fingerprint density at radius 1 is 1.24 bits per heavy atom. The Morgan fingerprint density at radius 2 is 1.76 bits per heavy atom. The number of benzene rings is 1. The van der Waals surface area contributed by atoms with Gasteiger partial charge in [-0.3, -0.25) is 4.79 Å². The highest BCUT2D eigenvalue weighted by Crippen LogP contribution is 2.16. The first kappa shape index (κ1) is 15.9. The van der Waals surface area contributed by atoms with Gasteiger partial charge in [0.25, 0.3) is 5.91 Å². The van der Waals surface area contributed by atoms with Crippen molar-refractivity contribution in [2.75, 3.05) is 26.2 Å². The molecule has 116 valence electrons. The number of aryl methyl sites for hydroxylation is 1. The van der Waals surface area contributed by atoms with Crippen LogP contribution in [0.15, 0.2) is 29.2 Å². The smallest absolute Gasteiger partial charge is 0.275 e. The molecule has 1 aromatic carbocycles. The summed E-state index contributed by atoms with van der Waals surface area (Å²) in [5.74, 6) is -0.347. The van der Waals surface area contributed by atoms with Gasteiger partial charge >= 0.3 is 0 Å². The number of sulfonamides is 1. The zero-order chi connectivity index (χ0) is 15.6. The lowest BCUT2D eigenvalue weighted by Crippen LogP contribution is -3.19. The minimum absolute atomic E-state index is 0.283. The first-order valence-corrected chi connectivity index (χ1v) is 8.47. The number of piperazine rings is 1. The third kappa shape index (κ3) is 3.42. The molecule has 1 saturated heterocycles. The van der Waals surface area contributed by atoms with Gasteiger partial charge < -0.3 is 10.6 Å². The summed E-state index contributed by atoms with van der Waals surface area (Å²) in [7, 11) is -3.44. The number of amides is 1. The van der Waals surface area contributed by atoms with E-state index in [-0.39, 0.29) is 11.9 Å². The quantitative estimate of drug-likeness (QED) is 0.729. The molecule has 3 N–H and O–H groups in total. The van der Waals surface area contributed by atoms with Crippen molar-refractivity contribution in [2.45, 2.75) is 24.8 Å². The van der Waals surface area contributed by atoms with Crippen molar-refractivity contribution in [2.24, 2.45) is 5.73 Å². The molecule has 1 amide bonds. The van der Waals surface area contributed by atoms with E-state index in [1.54, 1.807) is 31.2 Å². The molecule has 0 bridgehead atoms. The summed E-state index contributed by atoms with van der Waals surface area (Å²) in [6.45, 7) is 5.70. The third-order valence-corrected chi connectivity index (χ3v) is 5.98. The van der Waals surface area contributed by atoms with Crippen LogP contribution in [0.25, 0.3) is 0 Å². The minimum atomic E-state index is -3.44. The number of rotatable bonds is 4. The van der Waals surface area contributed by atoms with Gasteiger partial charge in [0, 0.05) is 0 Å². The van der Waals surface area contributed by atoms with Gasteiger partial charge in [-0.25, -0.2) is 8.42 Å². The number of carbonyl (C=O) groups is 1. The van der Waals surface area contributed by atoms with E-state index < -0.39 is 10.0 Å². The Bertz CT molecular complexity index is 605. The van der Waals surface area contributed by atoms with Crippen LogP contribution < -0.4 is 10.6 Å². The van der Waals surface area contributed by atoms with Gasteiger partial charge in [-0.2, -0.15) is 4.31 Å². The van der Waals surface area contributed by atoms with Gasteiger partial charge in [0.2, 0.25) is 10.0 Å². The first-order chi connectivity index (χ1) is 9.82. The molecule has 2 rings (SSSR count). The highest BCUT2D eigenvalue weighted by Gasteiger charge is 2.33. The van der Waals surface area contributed by atoms with Crippen LogP contribution in [0.5, 0.6) is 0 Å². The fourth-order valence-corrected chi connectivity index (χ4v) is 3.95. The summed E-state index contributed by atoms with van der Waals surface area (Å²) in [5, 5.41) is 0. The molecule has 0 radical (unpaired) electrons. The average molecular weight is 312 g/mol. The first-order valence-electron chi connectivity index (χ1n) is 7.03. The van der Waals surface area contributed by atoms with Gasteiger partial charge in [-0.05, 0) is 26.0 Å². The number of nitrogens with zero attached hydrogens (tertiary/aromatic N) is 1. The van der Waals surface area contributed by atoms with E-state index in [0.717, 1.165) is 10.5 Å². The highest BCUT2D eigenvalue weighted by atomic mass is 32.2. The van der Waals surface area contributed by atoms with Crippen LogP contribution in [0, 0.1) is 6.92 Å². The number of hydrogen-bond donors (Lipinski definition) is 2. The van der Waals surface area contributed by atoms with Crippen molar-refractivity contribution in [3.63, 3.8) is 0 Å². The molecule has 1 heterocycles. The monoisotopic (exact) mass is 312 g/mol. The molecule has 1 atom stereocenters. The summed E-state index contributed by atoms with van der Waals surface area (Å²) in [6, 6.07) is 6.58. The zero-order valence-electron chi connectivity index (χ0n) is 12.4. The molecule has 0 aromatic heterocycles. The molecule has 6 nitrogen and oxygen atoms in total. The Hall–Kier alpha value is -1.44. The lowest BCUT2D eigenvalue weighted by molar-refractivity contribution is -0.917. The van der Waals surface area contributed by atoms with Crippen molar-refractivity contribution in [1.82, 2.24) is 4.31 Å². The SMILES string of the molecule is Cc1ccc(S(=O)(=O)N2CC[NH+]([C@H](C)C(N)=O)CC2)cc1. The van der Waals surface area contributed by atoms with E-state index in [1.165, 1.54) is 4.31 Å². The molecular weight excluding hydrogens is 290 g/mol. The molecule has 0 spiro atoms. The van der Waals surface area contributed by atoms with Crippen molar-refractivity contribution in [3.8, 4) is 0 Å². The lowest BCUT2D eigenvalue weighted by atomic mass is 10.2. The minimum Gasteiger partial charge on any atom is -0.365 e. The van der Waals surface area contributed by atoms with E-state index in [2.05, 4.69) is 0 Å². The Labute approximate surface area is 125 Å². The normalized spacial score (nSPS) is 19.3. The van der Waals surface area contributed by atoms with Gasteiger partial charge in [-0.1, -0.05) is 17.7 Å². The predicted molar refractivity (Wildman–Crippen MR) is 79.3 cm³/mol. The topological polar surface area (TPSA) is 84.9 Å². The molecule has 1 aliphatic heterocycles. The summed E-state index contributed by atoms with van der Waals surface area (Å²) in [5.41, 5.74) is 6.33. The summed E-state index contributed by atoms with van der Waals surface area (Å²) >= 11 is 0. The lowest BCUT2D eigenvalue weighted by Gasteiger charge is -2.33. The number of quaternary nitrogens is 1. The summed E-state index contributed by atoms with van der Waals surface area (Å²) < 4.78 is 26.5. The number of primary amides is 1. The fraction of sp³-hybridized carbons (Fsp3) is 0.500. The van der Waals surface area contributed by atoms with Crippen molar-refractivity contribution in [1.29, 1.82) is 0 Å². The predicted octanol–water partition coefficient (Wildman–Crippen LogP) is -1.24. The number of nitrogens with two attached hydrogens (primary N) is 1. The summed E-state index contributed by atoms with van der Waals surface area (Å²) in [6.07, 6.45) is 0. The van der Waals surface area contributed by atoms with Crippen LogP contribution in [0.2, 0.25) is 0 Å². The molecule has 1 aromatic rings. The van der Waals surface area contributed by atoms with Crippen LogP contribution in [0.1, 0.15) is 12.5 Å². The standard InChI is InChI=1S/C14H21N3O3S/c1-11-3-5-13(6-4-11)21(19,20)17-9-7-16(8-10-17)12(2)14(15)18/h3-6,12H,7-10H2,1-2H3,(H2,15,18)/p+1/t12-/m1/s1. The van der Waals surface area contributed by atoms with E-state index in [4.69, 9.17) is 5.73 Å². The molecule has 0 aliphatic carbocycles. The molecule has 0 saturated carbocycles. The zero-order valence-corrected chi connectivity index (χ0v) is 13.2. The third-order valence-electron chi connectivity index (χ3n) is 4.06. The fourth-order valence-electron chi connectivity index (χ4n) is 2.51. The van der Waals surface area contributed by atoms with Crippen LogP contribution in [0.4, 0.5) is 0 Å². The molecule has 0 unspecified atom stereocenters. The maximum atomic E-state index is 12.5. The maximum absolute atomic E-state index is 12.5. The number of nitrogens with one attached hydrogen (secondary N) is 1. The second-order valence-corrected chi connectivity index (χ2v) is 7.44. The molecule has 1 aliphatic rings. The van der Waals surface area contributed by atoms with E-state index in [9.17, 15) is 13.2 Å². The Morgan fingerprint density at radius 3 is 2.24 bits per heavy atom. The number of carbonyl (C=O) groups excluding carboxylic acids is 1. The van der Waals surface area contributed by atoms with Crippen molar-refractivity contribution in [3.05, 3.63) is 29.8 Å². The van der Waals surface area contributed by atoms with E-state index in [0.29, 0.717) is 31.1 Å². The van der Waals surface area contributed by atoms with Crippen molar-refractivity contribution < 1.29 is 18.1 Å². The molecule has 21 heavy (non-hydrogen) atoms. The second kappa shape index (κ2) is 6.13. The summed E-state index contributed by atoms with van der Waals surface area (Å²) in [4.78, 5) is 12.6. The Kier molecular flexibility index (Phi) is 4.65. The van der Waals surface area contributed by atoms with Crippen molar-refractivity contribution >= 4 is 15.9 Å². The average Bonchev–Trinajstić information content (AvgIpc) is 2.47. The highest BCUT2D eigenvalue weighted by molar-refractivity contribution is 7.89. The maximum Gasteiger partial charge on any atom is 0.275 e. The Balaban J connectivity index is 2.07. The number of hydrogen-bond acceptors (Lipinski definition) is 3. The molecular formula is C14H22N3O3S+. The van der Waals surface area contributed by atoms with Crippen LogP contribution >= 0.6 is 0 Å². The second-order valence-electron chi connectivity index (χ2n) is 5.50. The molecule has 1 fully saturated rings. The van der Waals surface area contributed by atoms with Crippen LogP contribution in [-0.2, 0) is 14.8 Å². The van der Waals surface area contributed by atoms with Gasteiger partial charge in [-0.15, -0.1) is 0 Å². The van der Waals surface area contributed by atoms with Crippen LogP contribution in [0.3, 0.4) is 0 Å². The van der Waals surface area contributed by atoms with E-state index in [1.807, 2.05) is 6.92 Å². The largest absolute Gasteiger partial charge is 0.365 e. The van der Waals surface area contributed by atoms with Crippen LogP contribution in [-0.4, -0.2) is 50.9 Å². The van der Waals surface area contributed by atoms with E-state index >= 15 is 0 Å². The van der Waals surface area contributed by atoms with Gasteiger partial charge in [0.1, 0.15) is 0 Å². The van der Waals surface area contributed by atoms with Gasteiger partial charge in [0.15, 0.2) is 6.04 Å². The van der Waals surface area contributed by atoms with Gasteiger partial charge in [0.05, 0.1) is 31.1 Å².